The normalized spacial score (nSPS) is 17.3. The summed E-state index contributed by atoms with van der Waals surface area (Å²) in [5.74, 6) is -1.01. The topological polar surface area (TPSA) is 70.8 Å². The van der Waals surface area contributed by atoms with E-state index in [9.17, 15) is 14.7 Å². The van der Waals surface area contributed by atoms with Crippen LogP contribution >= 0.6 is 0 Å². The molecular weight excluding hydrogens is 280 g/mol. The van der Waals surface area contributed by atoms with Crippen LogP contribution in [0.25, 0.3) is 5.52 Å². The van der Waals surface area contributed by atoms with Crippen molar-refractivity contribution in [2.75, 3.05) is 6.54 Å². The SMILES string of the molecule is O=C(NCC1(C(=O)O)CCCCC1)c1cc2ccccn2c1. The number of hydrogen-bond acceptors (Lipinski definition) is 2. The van der Waals surface area contributed by atoms with Crippen molar-refractivity contribution >= 4 is 17.4 Å². The van der Waals surface area contributed by atoms with E-state index in [1.54, 1.807) is 6.20 Å². The predicted octanol–water partition coefficient (Wildman–Crippen LogP) is 2.70. The highest BCUT2D eigenvalue weighted by atomic mass is 16.4. The van der Waals surface area contributed by atoms with Gasteiger partial charge in [0, 0.05) is 24.5 Å². The van der Waals surface area contributed by atoms with E-state index in [1.165, 1.54) is 0 Å². The number of aromatic nitrogens is 1. The summed E-state index contributed by atoms with van der Waals surface area (Å²) in [5, 5.41) is 12.3. The van der Waals surface area contributed by atoms with Crippen LogP contribution in [0.15, 0.2) is 36.7 Å². The fourth-order valence-corrected chi connectivity index (χ4v) is 3.23. The maximum absolute atomic E-state index is 12.3. The molecule has 0 unspecified atom stereocenters. The maximum Gasteiger partial charge on any atom is 0.311 e. The number of carbonyl (C=O) groups excluding carboxylic acids is 1. The minimum Gasteiger partial charge on any atom is -0.481 e. The van der Waals surface area contributed by atoms with Crippen molar-refractivity contribution < 1.29 is 14.7 Å². The van der Waals surface area contributed by atoms with Crippen LogP contribution in [0.2, 0.25) is 0 Å². The van der Waals surface area contributed by atoms with Gasteiger partial charge in [-0.05, 0) is 31.0 Å². The lowest BCUT2D eigenvalue weighted by Gasteiger charge is -2.33. The summed E-state index contributed by atoms with van der Waals surface area (Å²) in [4.78, 5) is 23.9. The summed E-state index contributed by atoms with van der Waals surface area (Å²) in [6.45, 7) is 0.202. The molecule has 0 atom stereocenters. The summed E-state index contributed by atoms with van der Waals surface area (Å²) >= 11 is 0. The Kier molecular flexibility index (Phi) is 3.88. The van der Waals surface area contributed by atoms with E-state index in [2.05, 4.69) is 5.32 Å². The van der Waals surface area contributed by atoms with E-state index >= 15 is 0 Å². The molecule has 1 aliphatic carbocycles. The van der Waals surface area contributed by atoms with Crippen LogP contribution in [0.3, 0.4) is 0 Å². The Morgan fingerprint density at radius 3 is 2.68 bits per heavy atom. The van der Waals surface area contributed by atoms with Gasteiger partial charge in [0.2, 0.25) is 0 Å². The number of nitrogens with one attached hydrogen (secondary N) is 1. The molecule has 1 aliphatic rings. The summed E-state index contributed by atoms with van der Waals surface area (Å²) in [5.41, 5.74) is 0.702. The highest BCUT2D eigenvalue weighted by Crippen LogP contribution is 2.36. The first-order chi connectivity index (χ1) is 10.6. The molecule has 2 aromatic rings. The molecule has 2 heterocycles. The third kappa shape index (κ3) is 2.71. The summed E-state index contributed by atoms with van der Waals surface area (Å²) in [6.07, 6.45) is 7.83. The smallest absolute Gasteiger partial charge is 0.311 e. The van der Waals surface area contributed by atoms with Crippen molar-refractivity contribution in [3.8, 4) is 0 Å². The Bertz CT molecular complexity index is 666. The van der Waals surface area contributed by atoms with Crippen molar-refractivity contribution in [1.29, 1.82) is 0 Å². The number of fused-ring (bicyclic) bond motifs is 1. The zero-order valence-corrected chi connectivity index (χ0v) is 12.4. The van der Waals surface area contributed by atoms with E-state index in [0.717, 1.165) is 24.8 Å². The molecule has 0 bridgehead atoms. The first-order valence-corrected chi connectivity index (χ1v) is 7.69. The summed E-state index contributed by atoms with van der Waals surface area (Å²) < 4.78 is 1.88. The molecule has 1 fully saturated rings. The van der Waals surface area contributed by atoms with Crippen LogP contribution in [0.4, 0.5) is 0 Å². The van der Waals surface area contributed by atoms with Crippen molar-refractivity contribution in [3.63, 3.8) is 0 Å². The fourth-order valence-electron chi connectivity index (χ4n) is 3.23. The zero-order chi connectivity index (χ0) is 15.6. The van der Waals surface area contributed by atoms with Crippen LogP contribution in [0, 0.1) is 5.41 Å². The lowest BCUT2D eigenvalue weighted by Crippen LogP contribution is -2.44. The van der Waals surface area contributed by atoms with Crippen LogP contribution in [0.5, 0.6) is 0 Å². The number of rotatable bonds is 4. The molecule has 0 saturated heterocycles. The molecule has 3 rings (SSSR count). The molecule has 0 radical (unpaired) electrons. The first kappa shape index (κ1) is 14.6. The highest BCUT2D eigenvalue weighted by Gasteiger charge is 2.39. The standard InChI is InChI=1S/C17H20N2O3/c20-15(13-10-14-6-2-5-9-19(14)11-13)18-12-17(16(21)22)7-3-1-4-8-17/h2,5-6,9-11H,1,3-4,7-8,12H2,(H,18,20)(H,21,22). The number of amides is 1. The van der Waals surface area contributed by atoms with Gasteiger partial charge < -0.3 is 14.8 Å². The Morgan fingerprint density at radius 1 is 1.23 bits per heavy atom. The van der Waals surface area contributed by atoms with E-state index in [1.807, 2.05) is 34.9 Å². The van der Waals surface area contributed by atoms with Gasteiger partial charge in [-0.25, -0.2) is 0 Å². The minimum absolute atomic E-state index is 0.202. The second-order valence-corrected chi connectivity index (χ2v) is 6.09. The quantitative estimate of drug-likeness (QED) is 0.912. The Labute approximate surface area is 128 Å². The van der Waals surface area contributed by atoms with Gasteiger partial charge in [0.1, 0.15) is 0 Å². The monoisotopic (exact) mass is 300 g/mol. The van der Waals surface area contributed by atoms with Gasteiger partial charge in [-0.2, -0.15) is 0 Å². The number of carboxylic acid groups (broad SMARTS) is 1. The lowest BCUT2D eigenvalue weighted by atomic mass is 9.74. The third-order valence-corrected chi connectivity index (χ3v) is 4.62. The van der Waals surface area contributed by atoms with Crippen LogP contribution in [0.1, 0.15) is 42.5 Å². The lowest BCUT2D eigenvalue weighted by molar-refractivity contribution is -0.150. The molecule has 5 nitrogen and oxygen atoms in total. The molecule has 0 aromatic carbocycles. The van der Waals surface area contributed by atoms with Crippen LogP contribution < -0.4 is 5.32 Å². The van der Waals surface area contributed by atoms with Gasteiger partial charge in [0.05, 0.1) is 11.0 Å². The molecule has 0 aliphatic heterocycles. The van der Waals surface area contributed by atoms with Crippen molar-refractivity contribution in [3.05, 3.63) is 42.2 Å². The average Bonchev–Trinajstić information content (AvgIpc) is 2.97. The molecule has 1 saturated carbocycles. The van der Waals surface area contributed by atoms with Crippen LogP contribution in [-0.4, -0.2) is 27.9 Å². The first-order valence-electron chi connectivity index (χ1n) is 7.69. The fraction of sp³-hybridized carbons (Fsp3) is 0.412. The average molecular weight is 300 g/mol. The molecule has 0 spiro atoms. The Morgan fingerprint density at radius 2 is 2.00 bits per heavy atom. The Balaban J connectivity index is 1.72. The summed E-state index contributed by atoms with van der Waals surface area (Å²) in [6, 6.07) is 7.55. The Hall–Kier alpha value is -2.30. The highest BCUT2D eigenvalue weighted by molar-refractivity contribution is 5.96. The maximum atomic E-state index is 12.3. The van der Waals surface area contributed by atoms with Gasteiger partial charge in [-0.15, -0.1) is 0 Å². The van der Waals surface area contributed by atoms with Crippen molar-refractivity contribution in [2.45, 2.75) is 32.1 Å². The summed E-state index contributed by atoms with van der Waals surface area (Å²) in [7, 11) is 0. The third-order valence-electron chi connectivity index (χ3n) is 4.62. The van der Waals surface area contributed by atoms with Gasteiger partial charge >= 0.3 is 5.97 Å². The van der Waals surface area contributed by atoms with E-state index in [0.29, 0.717) is 18.4 Å². The van der Waals surface area contributed by atoms with Crippen molar-refractivity contribution in [1.82, 2.24) is 9.72 Å². The van der Waals surface area contributed by atoms with Gasteiger partial charge in [-0.1, -0.05) is 25.3 Å². The second kappa shape index (κ2) is 5.83. The van der Waals surface area contributed by atoms with Gasteiger partial charge in [0.15, 0.2) is 0 Å². The van der Waals surface area contributed by atoms with E-state index in [-0.39, 0.29) is 12.5 Å². The second-order valence-electron chi connectivity index (χ2n) is 6.09. The molecule has 2 N–H and O–H groups in total. The van der Waals surface area contributed by atoms with Gasteiger partial charge in [0.25, 0.3) is 5.91 Å². The minimum atomic E-state index is -0.799. The van der Waals surface area contributed by atoms with E-state index < -0.39 is 11.4 Å². The van der Waals surface area contributed by atoms with Crippen molar-refractivity contribution in [2.24, 2.45) is 5.41 Å². The van der Waals surface area contributed by atoms with E-state index in [4.69, 9.17) is 0 Å². The molecule has 5 heteroatoms. The molecule has 1 amide bonds. The molecular formula is C17H20N2O3. The number of nitrogens with zero attached hydrogens (tertiary/aromatic N) is 1. The number of pyridine rings is 1. The van der Waals surface area contributed by atoms with Gasteiger partial charge in [-0.3, -0.25) is 9.59 Å². The number of carboxylic acids is 1. The predicted molar refractivity (Wildman–Crippen MR) is 82.9 cm³/mol. The van der Waals surface area contributed by atoms with Crippen LogP contribution in [-0.2, 0) is 4.79 Å². The molecule has 2 aromatic heterocycles. The zero-order valence-electron chi connectivity index (χ0n) is 12.4. The number of aliphatic carboxylic acids is 1. The number of carbonyl (C=O) groups is 2. The molecule has 116 valence electrons. The number of hydrogen-bond donors (Lipinski definition) is 2. The molecule has 22 heavy (non-hydrogen) atoms. The largest absolute Gasteiger partial charge is 0.481 e.